The number of fused-ring (bicyclic) bond motifs is 1. The van der Waals surface area contributed by atoms with Crippen LogP contribution in [0.5, 0.6) is 0 Å². The molecule has 3 heterocycles. The molecular weight excluding hydrogens is 335 g/mol. The summed E-state index contributed by atoms with van der Waals surface area (Å²) in [5.41, 5.74) is 0.574. The number of benzene rings is 1. The highest BCUT2D eigenvalue weighted by atomic mass is 19.2. The van der Waals surface area contributed by atoms with Gasteiger partial charge in [-0.25, -0.2) is 22.8 Å². The molecule has 4 aromatic rings. The molecule has 0 amide bonds. The van der Waals surface area contributed by atoms with Gasteiger partial charge >= 0.3 is 0 Å². The fourth-order valence-corrected chi connectivity index (χ4v) is 2.35. The van der Waals surface area contributed by atoms with E-state index >= 15 is 0 Å². The molecule has 1 aromatic carbocycles. The molecule has 0 bridgehead atoms. The first-order chi connectivity index (χ1) is 12.1. The summed E-state index contributed by atoms with van der Waals surface area (Å²) in [4.78, 5) is 8.41. The Bertz CT molecular complexity index is 1040. The number of nitrogens with zero attached hydrogens (tertiary/aromatic N) is 5. The summed E-state index contributed by atoms with van der Waals surface area (Å²) < 4.78 is 42.4. The second kappa shape index (κ2) is 5.89. The van der Waals surface area contributed by atoms with Crippen LogP contribution < -0.4 is 5.32 Å². The van der Waals surface area contributed by atoms with E-state index < -0.39 is 23.0 Å². The van der Waals surface area contributed by atoms with Gasteiger partial charge in [0.15, 0.2) is 17.3 Å². The van der Waals surface area contributed by atoms with Crippen molar-refractivity contribution >= 4 is 22.7 Å². The predicted molar refractivity (Wildman–Crippen MR) is 82.6 cm³/mol. The molecular formula is C15H10F3N7. The van der Waals surface area contributed by atoms with E-state index in [4.69, 9.17) is 0 Å². The SMILES string of the molecule is Fc1ccc(F)c(Cn2ncc3cnc(Nc4cn[nH]c4)nc32)c1F. The molecule has 3 aromatic heterocycles. The Labute approximate surface area is 138 Å². The Morgan fingerprint density at radius 3 is 2.72 bits per heavy atom. The quantitative estimate of drug-likeness (QED) is 0.556. The number of H-pyrrole nitrogens is 1. The number of hydrogen-bond donors (Lipinski definition) is 2. The van der Waals surface area contributed by atoms with Gasteiger partial charge in [0.1, 0.15) is 5.82 Å². The molecule has 0 radical (unpaired) electrons. The lowest BCUT2D eigenvalue weighted by Crippen LogP contribution is -2.09. The molecule has 2 N–H and O–H groups in total. The molecule has 0 fully saturated rings. The number of aromatic amines is 1. The zero-order chi connectivity index (χ0) is 17.4. The normalized spacial score (nSPS) is 11.2. The van der Waals surface area contributed by atoms with Crippen molar-refractivity contribution in [3.8, 4) is 0 Å². The highest BCUT2D eigenvalue weighted by molar-refractivity contribution is 5.75. The Hall–Kier alpha value is -3.43. The maximum absolute atomic E-state index is 13.9. The lowest BCUT2D eigenvalue weighted by Gasteiger charge is -2.07. The molecule has 0 atom stereocenters. The lowest BCUT2D eigenvalue weighted by molar-refractivity contribution is 0.471. The van der Waals surface area contributed by atoms with Gasteiger partial charge in [-0.1, -0.05) is 0 Å². The van der Waals surface area contributed by atoms with Gasteiger partial charge in [0.05, 0.1) is 30.0 Å². The van der Waals surface area contributed by atoms with E-state index in [0.717, 1.165) is 12.1 Å². The van der Waals surface area contributed by atoms with E-state index in [1.165, 1.54) is 17.1 Å². The summed E-state index contributed by atoms with van der Waals surface area (Å²) >= 11 is 0. The first-order valence-corrected chi connectivity index (χ1v) is 7.18. The molecule has 7 nitrogen and oxygen atoms in total. The second-order valence-electron chi connectivity index (χ2n) is 5.21. The highest BCUT2D eigenvalue weighted by Crippen LogP contribution is 2.20. The number of rotatable bonds is 4. The molecule has 0 spiro atoms. The van der Waals surface area contributed by atoms with Crippen molar-refractivity contribution < 1.29 is 13.2 Å². The predicted octanol–water partition coefficient (Wildman–Crippen LogP) is 2.76. The van der Waals surface area contributed by atoms with Crippen molar-refractivity contribution in [1.82, 2.24) is 29.9 Å². The molecule has 126 valence electrons. The van der Waals surface area contributed by atoms with Gasteiger partial charge in [0.25, 0.3) is 0 Å². The van der Waals surface area contributed by atoms with Crippen LogP contribution in [-0.2, 0) is 6.54 Å². The summed E-state index contributed by atoms with van der Waals surface area (Å²) in [6.07, 6.45) is 6.14. The monoisotopic (exact) mass is 345 g/mol. The summed E-state index contributed by atoms with van der Waals surface area (Å²) in [6, 6.07) is 1.62. The number of hydrogen-bond acceptors (Lipinski definition) is 5. The van der Waals surface area contributed by atoms with Crippen LogP contribution in [-0.4, -0.2) is 29.9 Å². The van der Waals surface area contributed by atoms with Crippen LogP contribution in [0.2, 0.25) is 0 Å². The second-order valence-corrected chi connectivity index (χ2v) is 5.21. The van der Waals surface area contributed by atoms with E-state index in [0.29, 0.717) is 16.7 Å². The van der Waals surface area contributed by atoms with Crippen molar-refractivity contribution in [3.05, 3.63) is 59.9 Å². The van der Waals surface area contributed by atoms with Crippen LogP contribution in [0.3, 0.4) is 0 Å². The van der Waals surface area contributed by atoms with E-state index in [2.05, 4.69) is 30.6 Å². The van der Waals surface area contributed by atoms with E-state index in [-0.39, 0.29) is 12.5 Å². The van der Waals surface area contributed by atoms with Gasteiger partial charge in [0.2, 0.25) is 5.95 Å². The minimum Gasteiger partial charge on any atom is -0.321 e. The minimum atomic E-state index is -1.24. The van der Waals surface area contributed by atoms with E-state index in [1.54, 1.807) is 12.4 Å². The molecule has 4 rings (SSSR count). The number of nitrogens with one attached hydrogen (secondary N) is 2. The van der Waals surface area contributed by atoms with Gasteiger partial charge in [-0.2, -0.15) is 15.2 Å². The average Bonchev–Trinajstić information content (AvgIpc) is 3.25. The summed E-state index contributed by atoms with van der Waals surface area (Å²) in [6.45, 7) is -0.304. The van der Waals surface area contributed by atoms with Crippen molar-refractivity contribution in [2.45, 2.75) is 6.54 Å². The third-order valence-corrected chi connectivity index (χ3v) is 3.58. The molecule has 25 heavy (non-hydrogen) atoms. The maximum Gasteiger partial charge on any atom is 0.229 e. The molecule has 0 aliphatic heterocycles. The van der Waals surface area contributed by atoms with Crippen LogP contribution >= 0.6 is 0 Å². The highest BCUT2D eigenvalue weighted by Gasteiger charge is 2.16. The van der Waals surface area contributed by atoms with Gasteiger partial charge in [-0.3, -0.25) is 5.10 Å². The number of aromatic nitrogens is 6. The first kappa shape index (κ1) is 15.1. The summed E-state index contributed by atoms with van der Waals surface area (Å²) in [5.74, 6) is -2.96. The molecule has 0 aliphatic rings. The van der Waals surface area contributed by atoms with Crippen LogP contribution in [0, 0.1) is 17.5 Å². The third-order valence-electron chi connectivity index (χ3n) is 3.58. The van der Waals surface area contributed by atoms with Crippen molar-refractivity contribution in [2.75, 3.05) is 5.32 Å². The Morgan fingerprint density at radius 1 is 1.08 bits per heavy atom. The van der Waals surface area contributed by atoms with E-state index in [9.17, 15) is 13.2 Å². The van der Waals surface area contributed by atoms with Gasteiger partial charge in [-0.15, -0.1) is 0 Å². The van der Waals surface area contributed by atoms with Crippen LogP contribution in [0.15, 0.2) is 36.9 Å². The Kier molecular flexibility index (Phi) is 3.56. The van der Waals surface area contributed by atoms with Crippen LogP contribution in [0.4, 0.5) is 24.8 Å². The number of anilines is 2. The molecule has 0 saturated heterocycles. The van der Waals surface area contributed by atoms with E-state index in [1.807, 2.05) is 0 Å². The standard InChI is InChI=1S/C15H10F3N7/c16-11-1-2-12(17)13(18)10(11)7-25-14-8(4-22-25)3-19-15(24-14)23-9-5-20-21-6-9/h1-6H,7H2,(H,20,21)(H,19,23,24). The van der Waals surface area contributed by atoms with Gasteiger partial charge in [-0.05, 0) is 12.1 Å². The Balaban J connectivity index is 1.72. The summed E-state index contributed by atoms with van der Waals surface area (Å²) in [5, 5.41) is 14.0. The third kappa shape index (κ3) is 2.77. The first-order valence-electron chi connectivity index (χ1n) is 7.18. The zero-order valence-corrected chi connectivity index (χ0v) is 12.5. The van der Waals surface area contributed by atoms with Crippen LogP contribution in [0.1, 0.15) is 5.56 Å². The fraction of sp³-hybridized carbons (Fsp3) is 0.0667. The molecule has 10 heteroatoms. The van der Waals surface area contributed by atoms with Crippen molar-refractivity contribution in [3.63, 3.8) is 0 Å². The average molecular weight is 345 g/mol. The van der Waals surface area contributed by atoms with Crippen molar-refractivity contribution in [2.24, 2.45) is 0 Å². The van der Waals surface area contributed by atoms with Crippen LogP contribution in [0.25, 0.3) is 11.0 Å². The summed E-state index contributed by atoms with van der Waals surface area (Å²) in [7, 11) is 0. The Morgan fingerprint density at radius 2 is 1.92 bits per heavy atom. The minimum absolute atomic E-state index is 0.260. The molecule has 0 unspecified atom stereocenters. The van der Waals surface area contributed by atoms with Crippen molar-refractivity contribution in [1.29, 1.82) is 0 Å². The molecule has 0 aliphatic carbocycles. The molecule has 0 saturated carbocycles. The maximum atomic E-state index is 13.9. The van der Waals surface area contributed by atoms with Gasteiger partial charge < -0.3 is 5.32 Å². The largest absolute Gasteiger partial charge is 0.321 e. The number of halogens is 3. The fourth-order valence-electron chi connectivity index (χ4n) is 2.35. The van der Waals surface area contributed by atoms with Gasteiger partial charge in [0, 0.05) is 18.0 Å². The zero-order valence-electron chi connectivity index (χ0n) is 12.5. The topological polar surface area (TPSA) is 84.3 Å². The lowest BCUT2D eigenvalue weighted by atomic mass is 10.2. The smallest absolute Gasteiger partial charge is 0.229 e.